The van der Waals surface area contributed by atoms with Crippen LogP contribution in [0.25, 0.3) is 0 Å². The molecule has 0 saturated heterocycles. The Morgan fingerprint density at radius 2 is 1.76 bits per heavy atom. The van der Waals surface area contributed by atoms with Crippen LogP contribution in [0.5, 0.6) is 0 Å². The summed E-state index contributed by atoms with van der Waals surface area (Å²) in [6.07, 6.45) is 7.43. The minimum atomic E-state index is -0.126. The van der Waals surface area contributed by atoms with Gasteiger partial charge < -0.3 is 10.5 Å². The summed E-state index contributed by atoms with van der Waals surface area (Å²) in [4.78, 5) is 11.8. The Labute approximate surface area is 105 Å². The van der Waals surface area contributed by atoms with Crippen molar-refractivity contribution in [2.45, 2.75) is 77.9 Å². The van der Waals surface area contributed by atoms with Crippen molar-refractivity contribution in [1.29, 1.82) is 0 Å². The molecule has 17 heavy (non-hydrogen) atoms. The van der Waals surface area contributed by atoms with Gasteiger partial charge in [0.25, 0.3) is 0 Å². The SMILES string of the molecule is CC(C)(C)C(N)CC(=O)OC1CCCCCC1. The lowest BCUT2D eigenvalue weighted by atomic mass is 9.85. The third-order valence-electron chi connectivity index (χ3n) is 3.60. The standard InChI is InChI=1S/C14H27NO2/c1-14(2,3)12(15)10-13(16)17-11-8-6-4-5-7-9-11/h11-12H,4-10,15H2,1-3H3. The first kappa shape index (κ1) is 14.5. The summed E-state index contributed by atoms with van der Waals surface area (Å²) in [5.74, 6) is -0.126. The van der Waals surface area contributed by atoms with Gasteiger partial charge in [0.05, 0.1) is 6.42 Å². The van der Waals surface area contributed by atoms with Gasteiger partial charge in [-0.15, -0.1) is 0 Å². The summed E-state index contributed by atoms with van der Waals surface area (Å²) in [6.45, 7) is 6.16. The largest absolute Gasteiger partial charge is 0.462 e. The van der Waals surface area contributed by atoms with Crippen LogP contribution < -0.4 is 5.73 Å². The second-order valence-corrected chi connectivity index (χ2v) is 6.28. The maximum absolute atomic E-state index is 11.8. The van der Waals surface area contributed by atoms with Crippen LogP contribution >= 0.6 is 0 Å². The van der Waals surface area contributed by atoms with Crippen LogP contribution in [0.2, 0.25) is 0 Å². The van der Waals surface area contributed by atoms with Crippen LogP contribution in [0.3, 0.4) is 0 Å². The molecule has 1 aliphatic carbocycles. The average molecular weight is 241 g/mol. The van der Waals surface area contributed by atoms with Crippen LogP contribution in [0, 0.1) is 5.41 Å². The molecule has 1 rings (SSSR count). The molecule has 0 radical (unpaired) electrons. The normalized spacial score (nSPS) is 20.7. The van der Waals surface area contributed by atoms with Crippen LogP contribution in [0.4, 0.5) is 0 Å². The Kier molecular flexibility index (Phi) is 5.44. The van der Waals surface area contributed by atoms with E-state index in [2.05, 4.69) is 20.8 Å². The van der Waals surface area contributed by atoms with Gasteiger partial charge in [-0.1, -0.05) is 33.6 Å². The second-order valence-electron chi connectivity index (χ2n) is 6.28. The number of rotatable bonds is 3. The fourth-order valence-electron chi connectivity index (χ4n) is 2.08. The maximum atomic E-state index is 11.8. The first-order valence-corrected chi connectivity index (χ1v) is 6.84. The Balaban J connectivity index is 2.33. The third-order valence-corrected chi connectivity index (χ3v) is 3.60. The first-order valence-electron chi connectivity index (χ1n) is 6.84. The van der Waals surface area contributed by atoms with Gasteiger partial charge in [0.2, 0.25) is 0 Å². The highest BCUT2D eigenvalue weighted by molar-refractivity contribution is 5.70. The van der Waals surface area contributed by atoms with Crippen molar-refractivity contribution in [1.82, 2.24) is 0 Å². The molecule has 2 N–H and O–H groups in total. The maximum Gasteiger partial charge on any atom is 0.307 e. The summed E-state index contributed by atoms with van der Waals surface area (Å²) in [5.41, 5.74) is 5.95. The molecule has 0 aromatic heterocycles. The molecular formula is C14H27NO2. The monoisotopic (exact) mass is 241 g/mol. The van der Waals surface area contributed by atoms with Crippen molar-refractivity contribution in [2.75, 3.05) is 0 Å². The number of nitrogens with two attached hydrogens (primary N) is 1. The summed E-state index contributed by atoms with van der Waals surface area (Å²) in [6, 6.07) is -0.124. The zero-order chi connectivity index (χ0) is 12.9. The van der Waals surface area contributed by atoms with E-state index in [0.29, 0.717) is 6.42 Å². The predicted molar refractivity (Wildman–Crippen MR) is 69.6 cm³/mol. The molecule has 0 heterocycles. The van der Waals surface area contributed by atoms with E-state index in [0.717, 1.165) is 12.8 Å². The van der Waals surface area contributed by atoms with Crippen molar-refractivity contribution in [3.63, 3.8) is 0 Å². The lowest BCUT2D eigenvalue weighted by Gasteiger charge is -2.27. The average Bonchev–Trinajstić information content (AvgIpc) is 2.44. The molecule has 3 nitrogen and oxygen atoms in total. The van der Waals surface area contributed by atoms with E-state index in [1.165, 1.54) is 25.7 Å². The minimum absolute atomic E-state index is 0.0392. The Bertz CT molecular complexity index is 237. The van der Waals surface area contributed by atoms with Gasteiger partial charge in [-0.2, -0.15) is 0 Å². The smallest absolute Gasteiger partial charge is 0.307 e. The van der Waals surface area contributed by atoms with E-state index < -0.39 is 0 Å². The molecule has 0 aromatic carbocycles. The topological polar surface area (TPSA) is 52.3 Å². The van der Waals surface area contributed by atoms with Crippen LogP contribution in [0.1, 0.15) is 65.7 Å². The summed E-state index contributed by atoms with van der Waals surface area (Å²) in [5, 5.41) is 0. The number of carbonyl (C=O) groups excluding carboxylic acids is 1. The summed E-state index contributed by atoms with van der Waals surface area (Å²) < 4.78 is 5.52. The van der Waals surface area contributed by atoms with E-state index in [9.17, 15) is 4.79 Å². The highest BCUT2D eigenvalue weighted by Gasteiger charge is 2.25. The zero-order valence-corrected chi connectivity index (χ0v) is 11.5. The molecule has 0 aliphatic heterocycles. The molecule has 1 unspecified atom stereocenters. The number of carbonyl (C=O) groups is 1. The van der Waals surface area contributed by atoms with Crippen molar-refractivity contribution in [3.8, 4) is 0 Å². The molecular weight excluding hydrogens is 214 g/mol. The van der Waals surface area contributed by atoms with Crippen LogP contribution in [-0.4, -0.2) is 18.1 Å². The summed E-state index contributed by atoms with van der Waals surface area (Å²) >= 11 is 0. The van der Waals surface area contributed by atoms with Gasteiger partial charge in [0.1, 0.15) is 6.10 Å². The van der Waals surface area contributed by atoms with Crippen molar-refractivity contribution in [3.05, 3.63) is 0 Å². The van der Waals surface area contributed by atoms with E-state index in [-0.39, 0.29) is 23.5 Å². The van der Waals surface area contributed by atoms with Crippen LogP contribution in [0.15, 0.2) is 0 Å². The van der Waals surface area contributed by atoms with Gasteiger partial charge in [-0.05, 0) is 31.1 Å². The molecule has 1 aliphatic rings. The molecule has 1 atom stereocenters. The van der Waals surface area contributed by atoms with E-state index in [1.54, 1.807) is 0 Å². The molecule has 0 amide bonds. The number of esters is 1. The predicted octanol–water partition coefficient (Wildman–Crippen LogP) is 3.02. The molecule has 0 aromatic rings. The molecule has 1 fully saturated rings. The molecule has 0 bridgehead atoms. The third kappa shape index (κ3) is 5.53. The number of ether oxygens (including phenoxy) is 1. The van der Waals surface area contributed by atoms with E-state index in [4.69, 9.17) is 10.5 Å². The lowest BCUT2D eigenvalue weighted by Crippen LogP contribution is -2.38. The molecule has 1 saturated carbocycles. The van der Waals surface area contributed by atoms with Gasteiger partial charge >= 0.3 is 5.97 Å². The quantitative estimate of drug-likeness (QED) is 0.610. The van der Waals surface area contributed by atoms with Gasteiger partial charge in [-0.3, -0.25) is 4.79 Å². The molecule has 3 heteroatoms. The van der Waals surface area contributed by atoms with Crippen molar-refractivity contribution < 1.29 is 9.53 Å². The second kappa shape index (κ2) is 6.39. The Morgan fingerprint density at radius 1 is 1.24 bits per heavy atom. The van der Waals surface area contributed by atoms with Crippen LogP contribution in [-0.2, 0) is 9.53 Å². The Morgan fingerprint density at radius 3 is 2.24 bits per heavy atom. The van der Waals surface area contributed by atoms with Gasteiger partial charge in [0, 0.05) is 6.04 Å². The Hall–Kier alpha value is -0.570. The van der Waals surface area contributed by atoms with Crippen molar-refractivity contribution in [2.24, 2.45) is 11.1 Å². The lowest BCUT2D eigenvalue weighted by molar-refractivity contribution is -0.150. The fourth-order valence-corrected chi connectivity index (χ4v) is 2.08. The number of hydrogen-bond acceptors (Lipinski definition) is 3. The molecule has 0 spiro atoms. The highest BCUT2D eigenvalue weighted by atomic mass is 16.5. The first-order chi connectivity index (χ1) is 7.89. The fraction of sp³-hybridized carbons (Fsp3) is 0.929. The zero-order valence-electron chi connectivity index (χ0n) is 11.5. The number of hydrogen-bond donors (Lipinski definition) is 1. The minimum Gasteiger partial charge on any atom is -0.462 e. The van der Waals surface area contributed by atoms with Gasteiger partial charge in [-0.25, -0.2) is 0 Å². The van der Waals surface area contributed by atoms with Gasteiger partial charge in [0.15, 0.2) is 0 Å². The summed E-state index contributed by atoms with van der Waals surface area (Å²) in [7, 11) is 0. The van der Waals surface area contributed by atoms with Crippen molar-refractivity contribution >= 4 is 5.97 Å². The molecule has 100 valence electrons. The highest BCUT2D eigenvalue weighted by Crippen LogP contribution is 2.23. The van der Waals surface area contributed by atoms with E-state index in [1.807, 2.05) is 0 Å². The van der Waals surface area contributed by atoms with E-state index >= 15 is 0 Å².